The average molecular weight is 597 g/mol. The Kier molecular flexibility index (Phi) is 10.7. The average Bonchev–Trinajstić information content (AvgIpc) is 3.43. The van der Waals surface area contributed by atoms with Crippen molar-refractivity contribution in [2.45, 2.75) is 35.7 Å². The van der Waals surface area contributed by atoms with E-state index in [2.05, 4.69) is 5.32 Å². The van der Waals surface area contributed by atoms with Crippen LogP contribution in [0.4, 0.5) is 0 Å². The van der Waals surface area contributed by atoms with E-state index in [1.165, 1.54) is 26.4 Å². The van der Waals surface area contributed by atoms with Gasteiger partial charge in [0.15, 0.2) is 27.8 Å². The summed E-state index contributed by atoms with van der Waals surface area (Å²) in [5.74, 6) is -0.0527. The van der Waals surface area contributed by atoms with Crippen molar-refractivity contribution in [3.05, 3.63) is 96.1 Å². The standard InChI is InChI=1S/C31H36N2O8S/c1-38-27(39-2)22-32-30(35)31(18-21-42(36,37)26-12-7-4-8-13-26)28(23-10-5-3-6-11-23)41-29(33-31)24-14-16-25(17-15-24)40-20-9-19-34/h3-8,10-17,27-28,34H,9,18-22H2,1-2H3,(H,32,35)/t28-,31-/m1/s1. The Morgan fingerprint density at radius 1 is 1.00 bits per heavy atom. The van der Waals surface area contributed by atoms with Crippen molar-refractivity contribution in [3.8, 4) is 5.75 Å². The SMILES string of the molecule is COC(CNC(=O)[C@]1(CCS(=O)(=O)c2ccccc2)N=C(c2ccc(OCCCO)cc2)O[C@@H]1c1ccccc1)OC. The Morgan fingerprint density at radius 2 is 1.64 bits per heavy atom. The maximum absolute atomic E-state index is 14.1. The van der Waals surface area contributed by atoms with Crippen molar-refractivity contribution < 1.29 is 37.3 Å². The summed E-state index contributed by atoms with van der Waals surface area (Å²) in [5.41, 5.74) is -0.360. The van der Waals surface area contributed by atoms with E-state index >= 15 is 0 Å². The van der Waals surface area contributed by atoms with Crippen LogP contribution >= 0.6 is 0 Å². The van der Waals surface area contributed by atoms with Gasteiger partial charge in [-0.25, -0.2) is 13.4 Å². The summed E-state index contributed by atoms with van der Waals surface area (Å²) in [6.45, 7) is 0.418. The van der Waals surface area contributed by atoms with Gasteiger partial charge in [0.05, 0.1) is 23.8 Å². The molecule has 2 N–H and O–H groups in total. The Morgan fingerprint density at radius 3 is 2.26 bits per heavy atom. The lowest BCUT2D eigenvalue weighted by Gasteiger charge is -2.31. The molecule has 0 aromatic heterocycles. The number of benzene rings is 3. The maximum Gasteiger partial charge on any atom is 0.252 e. The van der Waals surface area contributed by atoms with Gasteiger partial charge < -0.3 is 29.4 Å². The van der Waals surface area contributed by atoms with E-state index in [0.717, 1.165) is 0 Å². The van der Waals surface area contributed by atoms with Crippen LogP contribution in [-0.4, -0.2) is 76.9 Å². The van der Waals surface area contributed by atoms with Gasteiger partial charge in [0, 0.05) is 39.2 Å². The van der Waals surface area contributed by atoms with Crippen LogP contribution < -0.4 is 10.1 Å². The summed E-state index contributed by atoms with van der Waals surface area (Å²) in [6.07, 6.45) is -1.26. The lowest BCUT2D eigenvalue weighted by atomic mass is 9.85. The molecule has 1 heterocycles. The number of carbonyl (C=O) groups excluding carboxylic acids is 1. The molecule has 0 unspecified atom stereocenters. The number of hydrogen-bond donors (Lipinski definition) is 2. The minimum absolute atomic E-state index is 0.0191. The Hall–Kier alpha value is -3.77. The smallest absolute Gasteiger partial charge is 0.252 e. The normalized spacial score (nSPS) is 18.4. The molecule has 0 radical (unpaired) electrons. The zero-order valence-corrected chi connectivity index (χ0v) is 24.5. The molecule has 11 heteroatoms. The lowest BCUT2D eigenvalue weighted by Crippen LogP contribution is -2.51. The molecule has 0 saturated carbocycles. The van der Waals surface area contributed by atoms with Gasteiger partial charge in [0.2, 0.25) is 5.90 Å². The molecule has 1 aliphatic rings. The highest BCUT2D eigenvalue weighted by atomic mass is 32.2. The van der Waals surface area contributed by atoms with Crippen LogP contribution in [0, 0.1) is 0 Å². The highest BCUT2D eigenvalue weighted by molar-refractivity contribution is 7.91. The fraction of sp³-hybridized carbons (Fsp3) is 0.355. The molecule has 2 atom stereocenters. The molecule has 224 valence electrons. The van der Waals surface area contributed by atoms with Crippen LogP contribution in [0.15, 0.2) is 94.8 Å². The van der Waals surface area contributed by atoms with Gasteiger partial charge in [-0.15, -0.1) is 0 Å². The van der Waals surface area contributed by atoms with E-state index in [1.807, 2.05) is 30.3 Å². The number of aliphatic imine (C=N–C) groups is 1. The highest BCUT2D eigenvalue weighted by Gasteiger charge is 2.53. The van der Waals surface area contributed by atoms with Crippen LogP contribution in [0.25, 0.3) is 0 Å². The van der Waals surface area contributed by atoms with Crippen molar-refractivity contribution in [2.24, 2.45) is 4.99 Å². The first-order valence-corrected chi connectivity index (χ1v) is 15.3. The van der Waals surface area contributed by atoms with E-state index in [9.17, 15) is 13.2 Å². The second-order valence-electron chi connectivity index (χ2n) is 9.69. The molecule has 0 fully saturated rings. The molecule has 3 aromatic carbocycles. The third kappa shape index (κ3) is 7.35. The number of aliphatic hydroxyl groups excluding tert-OH is 1. The van der Waals surface area contributed by atoms with E-state index in [1.54, 1.807) is 42.5 Å². The molecule has 42 heavy (non-hydrogen) atoms. The molecule has 3 aromatic rings. The molecule has 1 amide bonds. The fourth-order valence-corrected chi connectivity index (χ4v) is 6.01. The minimum Gasteiger partial charge on any atom is -0.494 e. The van der Waals surface area contributed by atoms with Crippen molar-refractivity contribution in [3.63, 3.8) is 0 Å². The first-order valence-electron chi connectivity index (χ1n) is 13.6. The van der Waals surface area contributed by atoms with Gasteiger partial charge in [-0.2, -0.15) is 0 Å². The van der Waals surface area contributed by atoms with Crippen molar-refractivity contribution >= 4 is 21.6 Å². The topological polar surface area (TPSA) is 133 Å². The Labute approximate surface area is 246 Å². The third-order valence-electron chi connectivity index (χ3n) is 6.94. The Balaban J connectivity index is 1.74. The summed E-state index contributed by atoms with van der Waals surface area (Å²) in [6, 6.07) is 24.3. The number of nitrogens with zero attached hydrogens (tertiary/aromatic N) is 1. The summed E-state index contributed by atoms with van der Waals surface area (Å²) in [4.78, 5) is 19.1. The van der Waals surface area contributed by atoms with Gasteiger partial charge in [-0.3, -0.25) is 4.79 Å². The number of aliphatic hydroxyl groups is 1. The van der Waals surface area contributed by atoms with Crippen LogP contribution in [0.1, 0.15) is 30.1 Å². The quantitative estimate of drug-likeness (QED) is 0.202. The van der Waals surface area contributed by atoms with Crippen LogP contribution in [0.2, 0.25) is 0 Å². The highest BCUT2D eigenvalue weighted by Crippen LogP contribution is 2.43. The van der Waals surface area contributed by atoms with Gasteiger partial charge in [0.1, 0.15) is 5.75 Å². The van der Waals surface area contributed by atoms with Gasteiger partial charge in [-0.05, 0) is 42.0 Å². The predicted molar refractivity (Wildman–Crippen MR) is 157 cm³/mol. The van der Waals surface area contributed by atoms with Crippen molar-refractivity contribution in [1.29, 1.82) is 0 Å². The molecule has 10 nitrogen and oxygen atoms in total. The summed E-state index contributed by atoms with van der Waals surface area (Å²) < 4.78 is 49.2. The van der Waals surface area contributed by atoms with Gasteiger partial charge in [-0.1, -0.05) is 48.5 Å². The molecule has 0 saturated heterocycles. The number of hydrogen-bond acceptors (Lipinski definition) is 9. The molecular formula is C31H36N2O8S. The van der Waals surface area contributed by atoms with E-state index in [0.29, 0.717) is 29.9 Å². The first kappa shape index (κ1) is 31.2. The first-order chi connectivity index (χ1) is 20.3. The molecule has 0 spiro atoms. The van der Waals surface area contributed by atoms with Gasteiger partial charge in [0.25, 0.3) is 5.91 Å². The zero-order chi connectivity index (χ0) is 30.0. The number of carbonyl (C=O) groups is 1. The largest absolute Gasteiger partial charge is 0.494 e. The number of ether oxygens (including phenoxy) is 4. The molecule has 0 aliphatic carbocycles. The fourth-order valence-electron chi connectivity index (χ4n) is 4.63. The van der Waals surface area contributed by atoms with Crippen LogP contribution in [0.3, 0.4) is 0 Å². The number of methoxy groups -OCH3 is 2. The van der Waals surface area contributed by atoms with Crippen LogP contribution in [0.5, 0.6) is 5.75 Å². The monoisotopic (exact) mass is 596 g/mol. The van der Waals surface area contributed by atoms with E-state index in [4.69, 9.17) is 29.0 Å². The molecule has 1 aliphatic heterocycles. The Bertz CT molecular complexity index is 1430. The molecular weight excluding hydrogens is 560 g/mol. The van der Waals surface area contributed by atoms with Crippen LogP contribution in [-0.2, 0) is 28.8 Å². The van der Waals surface area contributed by atoms with Gasteiger partial charge >= 0.3 is 0 Å². The van der Waals surface area contributed by atoms with E-state index < -0.39 is 33.7 Å². The minimum atomic E-state index is -3.75. The number of nitrogens with one attached hydrogen (secondary N) is 1. The lowest BCUT2D eigenvalue weighted by molar-refractivity contribution is -0.134. The predicted octanol–water partition coefficient (Wildman–Crippen LogP) is 3.30. The summed E-state index contributed by atoms with van der Waals surface area (Å²) in [5, 5.41) is 11.8. The van der Waals surface area contributed by atoms with Crippen molar-refractivity contribution in [2.75, 3.05) is 39.7 Å². The second-order valence-corrected chi connectivity index (χ2v) is 11.8. The second kappa shape index (κ2) is 14.4. The number of sulfone groups is 1. The maximum atomic E-state index is 14.1. The molecule has 4 rings (SSSR count). The van der Waals surface area contributed by atoms with Crippen molar-refractivity contribution in [1.82, 2.24) is 5.32 Å². The number of rotatable bonds is 15. The van der Waals surface area contributed by atoms with E-state index in [-0.39, 0.29) is 36.1 Å². The zero-order valence-electron chi connectivity index (χ0n) is 23.6. The number of amides is 1. The summed E-state index contributed by atoms with van der Waals surface area (Å²) in [7, 11) is -0.834. The molecule has 0 bridgehead atoms. The third-order valence-corrected chi connectivity index (χ3v) is 8.67. The summed E-state index contributed by atoms with van der Waals surface area (Å²) >= 11 is 0.